The first-order valence-corrected chi connectivity index (χ1v) is 10.8. The van der Waals surface area contributed by atoms with Crippen LogP contribution in [0.2, 0.25) is 0 Å². The van der Waals surface area contributed by atoms with Crippen LogP contribution in [0.15, 0.2) is 60.8 Å². The lowest BCUT2D eigenvalue weighted by atomic mass is 9.94. The molecule has 0 saturated carbocycles. The fraction of sp³-hybridized carbons (Fsp3) is 0.360. The summed E-state index contributed by atoms with van der Waals surface area (Å²) >= 11 is 0. The molecular formula is C25H28N2O4. The van der Waals surface area contributed by atoms with Crippen molar-refractivity contribution in [1.29, 1.82) is 0 Å². The Morgan fingerprint density at radius 2 is 1.71 bits per heavy atom. The number of methoxy groups -OCH3 is 1. The predicted octanol–water partition coefficient (Wildman–Crippen LogP) is 4.87. The summed E-state index contributed by atoms with van der Waals surface area (Å²) in [6.07, 6.45) is 4.59. The highest BCUT2D eigenvalue weighted by Crippen LogP contribution is 2.26. The monoisotopic (exact) mass is 420 g/mol. The number of likely N-dealkylation sites (tertiary alicyclic amines) is 1. The minimum absolute atomic E-state index is 0.235. The van der Waals surface area contributed by atoms with Gasteiger partial charge in [0.15, 0.2) is 0 Å². The quantitative estimate of drug-likeness (QED) is 0.534. The lowest BCUT2D eigenvalue weighted by molar-refractivity contribution is 0.0602. The SMILES string of the molecule is COC(=O)c1cn(CCC2CCN(C(=O)OCc3ccccc3)CC2)c2ccccc12. The Kier molecular flexibility index (Phi) is 6.55. The highest BCUT2D eigenvalue weighted by molar-refractivity contribution is 6.04. The summed E-state index contributed by atoms with van der Waals surface area (Å²) < 4.78 is 12.5. The fourth-order valence-corrected chi connectivity index (χ4v) is 4.24. The van der Waals surface area contributed by atoms with Gasteiger partial charge in [-0.05, 0) is 36.8 Å². The van der Waals surface area contributed by atoms with Gasteiger partial charge < -0.3 is 18.9 Å². The smallest absolute Gasteiger partial charge is 0.410 e. The van der Waals surface area contributed by atoms with Gasteiger partial charge in [0.1, 0.15) is 6.61 Å². The number of carbonyl (C=O) groups is 2. The zero-order valence-corrected chi connectivity index (χ0v) is 17.8. The van der Waals surface area contributed by atoms with Gasteiger partial charge in [-0.15, -0.1) is 0 Å². The van der Waals surface area contributed by atoms with E-state index < -0.39 is 0 Å². The van der Waals surface area contributed by atoms with Crippen LogP contribution < -0.4 is 0 Å². The summed E-state index contributed by atoms with van der Waals surface area (Å²) in [6, 6.07) is 17.7. The molecule has 162 valence electrons. The first-order chi connectivity index (χ1) is 15.2. The number of nitrogens with zero attached hydrogens (tertiary/aromatic N) is 2. The van der Waals surface area contributed by atoms with Crippen LogP contribution in [-0.2, 0) is 22.6 Å². The highest BCUT2D eigenvalue weighted by Gasteiger charge is 2.24. The number of esters is 1. The third-order valence-electron chi connectivity index (χ3n) is 6.05. The minimum Gasteiger partial charge on any atom is -0.465 e. The molecule has 0 N–H and O–H groups in total. The molecular weight excluding hydrogens is 392 g/mol. The number of hydrogen-bond donors (Lipinski definition) is 0. The molecule has 6 nitrogen and oxygen atoms in total. The average molecular weight is 421 g/mol. The Morgan fingerprint density at radius 1 is 1.00 bits per heavy atom. The van der Waals surface area contributed by atoms with Crippen LogP contribution in [0.25, 0.3) is 10.9 Å². The number of ether oxygens (including phenoxy) is 2. The van der Waals surface area contributed by atoms with Crippen LogP contribution in [0.5, 0.6) is 0 Å². The number of amides is 1. The van der Waals surface area contributed by atoms with Crippen molar-refractivity contribution in [3.8, 4) is 0 Å². The van der Waals surface area contributed by atoms with E-state index in [-0.39, 0.29) is 12.1 Å². The molecule has 4 rings (SSSR count). The van der Waals surface area contributed by atoms with Gasteiger partial charge in [0.05, 0.1) is 12.7 Å². The van der Waals surface area contributed by atoms with Crippen molar-refractivity contribution in [2.24, 2.45) is 5.92 Å². The van der Waals surface area contributed by atoms with E-state index in [1.54, 1.807) is 4.90 Å². The standard InChI is InChI=1S/C25H28N2O4/c1-30-24(28)22-17-27(23-10-6-5-9-21(22)23)16-13-19-11-14-26(15-12-19)25(29)31-18-20-7-3-2-4-8-20/h2-10,17,19H,11-16,18H2,1H3. The number of aromatic nitrogens is 1. The van der Waals surface area contributed by atoms with Crippen LogP contribution in [0.1, 0.15) is 35.2 Å². The Bertz CT molecular complexity index is 1040. The van der Waals surface area contributed by atoms with Gasteiger partial charge in [0, 0.05) is 36.7 Å². The van der Waals surface area contributed by atoms with Crippen molar-refractivity contribution in [2.75, 3.05) is 20.2 Å². The molecule has 1 aromatic heterocycles. The Morgan fingerprint density at radius 3 is 2.45 bits per heavy atom. The van der Waals surface area contributed by atoms with E-state index in [1.165, 1.54) is 7.11 Å². The average Bonchev–Trinajstić information content (AvgIpc) is 3.20. The molecule has 31 heavy (non-hydrogen) atoms. The van der Waals surface area contributed by atoms with Crippen molar-refractivity contribution in [3.05, 3.63) is 71.9 Å². The Hall–Kier alpha value is -3.28. The zero-order chi connectivity index (χ0) is 21.6. The maximum Gasteiger partial charge on any atom is 0.410 e. The van der Waals surface area contributed by atoms with E-state index in [0.717, 1.165) is 55.4 Å². The third-order valence-corrected chi connectivity index (χ3v) is 6.05. The normalized spacial score (nSPS) is 14.5. The number of rotatable bonds is 6. The van der Waals surface area contributed by atoms with Gasteiger partial charge in [0.25, 0.3) is 0 Å². The van der Waals surface area contributed by atoms with E-state index in [4.69, 9.17) is 9.47 Å². The van der Waals surface area contributed by atoms with Crippen molar-refractivity contribution in [1.82, 2.24) is 9.47 Å². The van der Waals surface area contributed by atoms with Crippen LogP contribution in [0.3, 0.4) is 0 Å². The molecule has 1 fully saturated rings. The summed E-state index contributed by atoms with van der Waals surface area (Å²) in [5.41, 5.74) is 2.65. The Balaban J connectivity index is 1.29. The highest BCUT2D eigenvalue weighted by atomic mass is 16.6. The molecule has 1 amide bonds. The topological polar surface area (TPSA) is 60.8 Å². The maximum atomic E-state index is 12.4. The molecule has 1 aliphatic heterocycles. The largest absolute Gasteiger partial charge is 0.465 e. The van der Waals surface area contributed by atoms with Crippen LogP contribution >= 0.6 is 0 Å². The van der Waals surface area contributed by atoms with Gasteiger partial charge in [-0.25, -0.2) is 9.59 Å². The van der Waals surface area contributed by atoms with Gasteiger partial charge in [-0.3, -0.25) is 0 Å². The van der Waals surface area contributed by atoms with Gasteiger partial charge in [-0.1, -0.05) is 48.5 Å². The number of aryl methyl sites for hydroxylation is 1. The number of carbonyl (C=O) groups excluding carboxylic acids is 2. The molecule has 0 bridgehead atoms. The van der Waals surface area contributed by atoms with E-state index in [9.17, 15) is 9.59 Å². The Labute approximate surface area is 182 Å². The van der Waals surface area contributed by atoms with Crippen LogP contribution in [0.4, 0.5) is 4.79 Å². The van der Waals surface area contributed by atoms with Gasteiger partial charge in [0.2, 0.25) is 0 Å². The maximum absolute atomic E-state index is 12.4. The molecule has 0 atom stereocenters. The summed E-state index contributed by atoms with van der Waals surface area (Å²) in [7, 11) is 1.41. The molecule has 1 saturated heterocycles. The summed E-state index contributed by atoms with van der Waals surface area (Å²) in [5.74, 6) is 0.234. The molecule has 0 unspecified atom stereocenters. The lowest BCUT2D eigenvalue weighted by Gasteiger charge is -2.31. The van der Waals surface area contributed by atoms with Crippen molar-refractivity contribution in [3.63, 3.8) is 0 Å². The second kappa shape index (κ2) is 9.69. The summed E-state index contributed by atoms with van der Waals surface area (Å²) in [6.45, 7) is 2.58. The summed E-state index contributed by atoms with van der Waals surface area (Å²) in [5, 5.41) is 0.922. The van der Waals surface area contributed by atoms with Crippen LogP contribution in [0, 0.1) is 5.92 Å². The molecule has 0 spiro atoms. The van der Waals surface area contributed by atoms with E-state index in [0.29, 0.717) is 18.1 Å². The number of benzene rings is 2. The van der Waals surface area contributed by atoms with E-state index >= 15 is 0 Å². The zero-order valence-electron chi connectivity index (χ0n) is 17.8. The van der Waals surface area contributed by atoms with Crippen LogP contribution in [-0.4, -0.2) is 41.7 Å². The molecule has 2 heterocycles. The minimum atomic E-state index is -0.308. The number of hydrogen-bond acceptors (Lipinski definition) is 4. The van der Waals surface area contributed by atoms with Crippen molar-refractivity contribution < 1.29 is 19.1 Å². The van der Waals surface area contributed by atoms with E-state index in [2.05, 4.69) is 4.57 Å². The molecule has 0 aliphatic carbocycles. The number of para-hydroxylation sites is 1. The molecule has 3 aromatic rings. The molecule has 0 radical (unpaired) electrons. The van der Waals surface area contributed by atoms with Crippen molar-refractivity contribution in [2.45, 2.75) is 32.4 Å². The lowest BCUT2D eigenvalue weighted by Crippen LogP contribution is -2.38. The second-order valence-electron chi connectivity index (χ2n) is 8.00. The second-order valence-corrected chi connectivity index (χ2v) is 8.00. The first-order valence-electron chi connectivity index (χ1n) is 10.8. The van der Waals surface area contributed by atoms with Crippen molar-refractivity contribution >= 4 is 23.0 Å². The fourth-order valence-electron chi connectivity index (χ4n) is 4.24. The molecule has 1 aliphatic rings. The molecule has 6 heteroatoms. The van der Waals surface area contributed by atoms with Gasteiger partial charge in [-0.2, -0.15) is 0 Å². The van der Waals surface area contributed by atoms with Gasteiger partial charge >= 0.3 is 12.1 Å². The first kappa shape index (κ1) is 21.0. The number of piperidine rings is 1. The summed E-state index contributed by atoms with van der Waals surface area (Å²) in [4.78, 5) is 26.3. The third kappa shape index (κ3) is 4.90. The number of fused-ring (bicyclic) bond motifs is 1. The predicted molar refractivity (Wildman–Crippen MR) is 119 cm³/mol. The molecule has 2 aromatic carbocycles. The van der Waals surface area contributed by atoms with E-state index in [1.807, 2.05) is 60.8 Å².